The molecule has 26 heavy (non-hydrogen) atoms. The van der Waals surface area contributed by atoms with Gasteiger partial charge in [-0.25, -0.2) is 13.4 Å². The van der Waals surface area contributed by atoms with Gasteiger partial charge in [-0.05, 0) is 82.0 Å². The Labute approximate surface area is 157 Å². The standard InChI is InChI=1S/C20H31N3O2S/c1-22-17-6-3-2-5-16(17)21-19(22)18-7-4-12-23(18)26(24,25)14-20-10-8-15(13-20)9-11-20/h15,18H,2-14H2,1H3. The average Bonchev–Trinajstić information content (AvgIpc) is 3.37. The van der Waals surface area contributed by atoms with E-state index in [1.54, 1.807) is 0 Å². The van der Waals surface area contributed by atoms with Gasteiger partial charge in [0.1, 0.15) is 5.82 Å². The summed E-state index contributed by atoms with van der Waals surface area (Å²) >= 11 is 0. The second-order valence-electron chi connectivity index (χ2n) is 9.30. The molecule has 3 fully saturated rings. The van der Waals surface area contributed by atoms with Crippen LogP contribution in [-0.2, 0) is 29.9 Å². The molecule has 1 unspecified atom stereocenters. The first-order valence-electron chi connectivity index (χ1n) is 10.5. The minimum atomic E-state index is -3.22. The molecular formula is C20H31N3O2S. The van der Waals surface area contributed by atoms with Gasteiger partial charge in [0.25, 0.3) is 0 Å². The summed E-state index contributed by atoms with van der Waals surface area (Å²) in [6.07, 6.45) is 12.3. The summed E-state index contributed by atoms with van der Waals surface area (Å²) < 4.78 is 30.8. The SMILES string of the molecule is Cn1c(C2CCCN2S(=O)(=O)CC23CCC(CC2)C3)nc2c1CCCC2. The van der Waals surface area contributed by atoms with Crippen LogP contribution in [-0.4, -0.2) is 34.6 Å². The first-order valence-corrected chi connectivity index (χ1v) is 12.1. The van der Waals surface area contributed by atoms with Gasteiger partial charge in [-0.3, -0.25) is 0 Å². The Kier molecular flexibility index (Phi) is 4.02. The van der Waals surface area contributed by atoms with Crippen LogP contribution in [0, 0.1) is 11.3 Å². The molecule has 0 N–H and O–H groups in total. The van der Waals surface area contributed by atoms with Crippen LogP contribution in [0.3, 0.4) is 0 Å². The summed E-state index contributed by atoms with van der Waals surface area (Å²) in [7, 11) is -1.13. The highest BCUT2D eigenvalue weighted by Crippen LogP contribution is 2.55. The smallest absolute Gasteiger partial charge is 0.215 e. The Balaban J connectivity index is 1.43. The van der Waals surface area contributed by atoms with Crippen molar-refractivity contribution in [2.45, 2.75) is 76.7 Å². The Morgan fingerprint density at radius 3 is 2.58 bits per heavy atom. The molecule has 2 saturated carbocycles. The molecule has 1 atom stereocenters. The largest absolute Gasteiger partial charge is 0.333 e. The molecule has 2 heterocycles. The van der Waals surface area contributed by atoms with E-state index in [0.717, 1.165) is 56.7 Å². The quantitative estimate of drug-likeness (QED) is 0.809. The Morgan fingerprint density at radius 1 is 1.12 bits per heavy atom. The summed E-state index contributed by atoms with van der Waals surface area (Å²) in [5, 5.41) is 0. The van der Waals surface area contributed by atoms with Crippen molar-refractivity contribution in [1.82, 2.24) is 13.9 Å². The number of aryl methyl sites for hydroxylation is 1. The molecule has 6 heteroatoms. The zero-order valence-corrected chi connectivity index (χ0v) is 16.7. The number of rotatable bonds is 4. The molecule has 1 aliphatic heterocycles. The molecule has 0 spiro atoms. The lowest BCUT2D eigenvalue weighted by molar-refractivity contribution is 0.314. The average molecular weight is 378 g/mol. The lowest BCUT2D eigenvalue weighted by Crippen LogP contribution is -2.38. The number of fused-ring (bicyclic) bond motifs is 3. The maximum absolute atomic E-state index is 13.4. The summed E-state index contributed by atoms with van der Waals surface area (Å²) in [5.41, 5.74) is 2.63. The molecule has 144 valence electrons. The van der Waals surface area contributed by atoms with Crippen molar-refractivity contribution in [2.24, 2.45) is 18.4 Å². The van der Waals surface area contributed by atoms with E-state index < -0.39 is 10.0 Å². The predicted molar refractivity (Wildman–Crippen MR) is 101 cm³/mol. The van der Waals surface area contributed by atoms with Gasteiger partial charge in [0.2, 0.25) is 10.0 Å². The van der Waals surface area contributed by atoms with Gasteiger partial charge in [-0.2, -0.15) is 4.31 Å². The van der Waals surface area contributed by atoms with Crippen LogP contribution in [0.25, 0.3) is 0 Å². The second-order valence-corrected chi connectivity index (χ2v) is 11.2. The van der Waals surface area contributed by atoms with E-state index in [2.05, 4.69) is 11.6 Å². The van der Waals surface area contributed by atoms with Gasteiger partial charge >= 0.3 is 0 Å². The van der Waals surface area contributed by atoms with Gasteiger partial charge in [0.15, 0.2) is 0 Å². The molecule has 1 aromatic heterocycles. The molecule has 3 aliphatic carbocycles. The number of aromatic nitrogens is 2. The highest BCUT2D eigenvalue weighted by Gasteiger charge is 2.49. The Morgan fingerprint density at radius 2 is 1.88 bits per heavy atom. The van der Waals surface area contributed by atoms with Gasteiger partial charge in [0.05, 0.1) is 17.5 Å². The highest BCUT2D eigenvalue weighted by molar-refractivity contribution is 7.89. The van der Waals surface area contributed by atoms with Gasteiger partial charge in [-0.15, -0.1) is 0 Å². The summed E-state index contributed by atoms with van der Waals surface area (Å²) in [4.78, 5) is 4.93. The molecule has 5 nitrogen and oxygen atoms in total. The fourth-order valence-electron chi connectivity index (χ4n) is 6.32. The minimum Gasteiger partial charge on any atom is -0.333 e. The number of imidazole rings is 1. The third-order valence-corrected chi connectivity index (χ3v) is 9.77. The van der Waals surface area contributed by atoms with E-state index in [9.17, 15) is 8.42 Å². The summed E-state index contributed by atoms with van der Waals surface area (Å²) in [6.45, 7) is 0.671. The number of nitrogens with zero attached hydrogens (tertiary/aromatic N) is 3. The minimum absolute atomic E-state index is 0.0504. The molecule has 1 aromatic rings. The highest BCUT2D eigenvalue weighted by atomic mass is 32.2. The van der Waals surface area contributed by atoms with Crippen molar-refractivity contribution in [3.63, 3.8) is 0 Å². The molecular weight excluding hydrogens is 346 g/mol. The Hall–Kier alpha value is -0.880. The van der Waals surface area contributed by atoms with Crippen LogP contribution in [0.5, 0.6) is 0 Å². The maximum Gasteiger partial charge on any atom is 0.215 e. The fourth-order valence-corrected chi connectivity index (χ4v) is 8.66. The Bertz CT molecular complexity index is 805. The van der Waals surface area contributed by atoms with Crippen LogP contribution >= 0.6 is 0 Å². The van der Waals surface area contributed by atoms with Crippen LogP contribution in [0.1, 0.15) is 81.0 Å². The molecule has 2 bridgehead atoms. The van der Waals surface area contributed by atoms with Crippen LogP contribution in [0.15, 0.2) is 0 Å². The molecule has 5 rings (SSSR count). The fraction of sp³-hybridized carbons (Fsp3) is 0.850. The monoisotopic (exact) mass is 377 g/mol. The van der Waals surface area contributed by atoms with E-state index in [-0.39, 0.29) is 11.5 Å². The topological polar surface area (TPSA) is 55.2 Å². The van der Waals surface area contributed by atoms with E-state index in [1.807, 2.05) is 4.31 Å². The van der Waals surface area contributed by atoms with Crippen molar-refractivity contribution in [2.75, 3.05) is 12.3 Å². The number of sulfonamides is 1. The van der Waals surface area contributed by atoms with Crippen molar-refractivity contribution in [1.29, 1.82) is 0 Å². The van der Waals surface area contributed by atoms with E-state index >= 15 is 0 Å². The predicted octanol–water partition coefficient (Wildman–Crippen LogP) is 3.35. The summed E-state index contributed by atoms with van der Waals surface area (Å²) in [5.74, 6) is 2.16. The van der Waals surface area contributed by atoms with E-state index in [4.69, 9.17) is 4.98 Å². The molecule has 0 amide bonds. The molecule has 0 aromatic carbocycles. The molecule has 1 saturated heterocycles. The van der Waals surface area contributed by atoms with Crippen molar-refractivity contribution in [3.8, 4) is 0 Å². The second kappa shape index (κ2) is 6.06. The number of hydrogen-bond acceptors (Lipinski definition) is 3. The van der Waals surface area contributed by atoms with Crippen molar-refractivity contribution >= 4 is 10.0 Å². The van der Waals surface area contributed by atoms with E-state index in [1.165, 1.54) is 37.1 Å². The lowest BCUT2D eigenvalue weighted by atomic mass is 9.87. The molecule has 4 aliphatic rings. The van der Waals surface area contributed by atoms with Gasteiger partial charge < -0.3 is 4.57 Å². The third kappa shape index (κ3) is 2.67. The van der Waals surface area contributed by atoms with Gasteiger partial charge in [-0.1, -0.05) is 0 Å². The molecule has 0 radical (unpaired) electrons. The lowest BCUT2D eigenvalue weighted by Gasteiger charge is -2.31. The first kappa shape index (κ1) is 17.2. The van der Waals surface area contributed by atoms with Crippen LogP contribution < -0.4 is 0 Å². The summed E-state index contributed by atoms with van der Waals surface area (Å²) in [6, 6.07) is -0.0504. The zero-order chi connectivity index (χ0) is 17.9. The van der Waals surface area contributed by atoms with Crippen LogP contribution in [0.4, 0.5) is 0 Å². The van der Waals surface area contributed by atoms with Crippen molar-refractivity contribution in [3.05, 3.63) is 17.2 Å². The number of hydrogen-bond donors (Lipinski definition) is 0. The van der Waals surface area contributed by atoms with Crippen LogP contribution in [0.2, 0.25) is 0 Å². The zero-order valence-electron chi connectivity index (χ0n) is 15.9. The maximum atomic E-state index is 13.4. The third-order valence-electron chi connectivity index (χ3n) is 7.64. The van der Waals surface area contributed by atoms with Crippen molar-refractivity contribution < 1.29 is 8.42 Å². The first-order chi connectivity index (χ1) is 12.5. The van der Waals surface area contributed by atoms with E-state index in [0.29, 0.717) is 12.3 Å². The van der Waals surface area contributed by atoms with Gasteiger partial charge in [0, 0.05) is 19.3 Å². The normalized spacial score (nSPS) is 34.5.